The molecule has 0 aliphatic heterocycles. The zero-order valence-electron chi connectivity index (χ0n) is 10.3. The minimum Gasteiger partial charge on any atom is -0.360 e. The molecule has 94 valence electrons. The first-order chi connectivity index (χ1) is 8.63. The van der Waals surface area contributed by atoms with Gasteiger partial charge in [0.05, 0.1) is 5.69 Å². The molecule has 0 bridgehead atoms. The molecule has 2 aromatic rings. The lowest BCUT2D eigenvalue weighted by Crippen LogP contribution is -2.14. The number of rotatable bonds is 3. The molecule has 0 spiro atoms. The van der Waals surface area contributed by atoms with Crippen LogP contribution in [0.1, 0.15) is 40.7 Å². The number of hydrogen-bond acceptors (Lipinski definition) is 4. The number of amides is 1. The molecule has 0 unspecified atom stereocenters. The molecule has 0 saturated heterocycles. The molecule has 1 aliphatic carbocycles. The molecule has 0 radical (unpaired) electrons. The summed E-state index contributed by atoms with van der Waals surface area (Å²) in [6, 6.07) is 3.52. The van der Waals surface area contributed by atoms with E-state index in [1.807, 2.05) is 6.92 Å². The normalized spacial score (nSPS) is 14.8. The lowest BCUT2D eigenvalue weighted by Gasteiger charge is -2.01. The lowest BCUT2D eigenvalue weighted by molar-refractivity contribution is 0.101. The van der Waals surface area contributed by atoms with Crippen LogP contribution < -0.4 is 5.32 Å². The van der Waals surface area contributed by atoms with Gasteiger partial charge in [0.1, 0.15) is 11.6 Å². The summed E-state index contributed by atoms with van der Waals surface area (Å²) in [4.78, 5) is 12.0. The summed E-state index contributed by atoms with van der Waals surface area (Å²) in [5.74, 6) is 1.64. The summed E-state index contributed by atoms with van der Waals surface area (Å²) in [6.07, 6.45) is 2.24. The van der Waals surface area contributed by atoms with E-state index >= 15 is 0 Å². The average Bonchev–Trinajstić information content (AvgIpc) is 2.96. The van der Waals surface area contributed by atoms with Crippen molar-refractivity contribution in [3.05, 3.63) is 29.3 Å². The summed E-state index contributed by atoms with van der Waals surface area (Å²) in [5, 5.41) is 10.7. The van der Waals surface area contributed by atoms with Crippen LogP contribution in [0.25, 0.3) is 0 Å². The van der Waals surface area contributed by atoms with E-state index in [4.69, 9.17) is 4.52 Å². The van der Waals surface area contributed by atoms with Crippen molar-refractivity contribution in [2.75, 3.05) is 5.32 Å². The number of carbonyl (C=O) groups excluding carboxylic acids is 1. The van der Waals surface area contributed by atoms with Gasteiger partial charge in [0.15, 0.2) is 5.69 Å². The lowest BCUT2D eigenvalue weighted by atomic mass is 10.3. The van der Waals surface area contributed by atoms with Crippen LogP contribution in [-0.2, 0) is 7.05 Å². The number of nitrogens with zero attached hydrogens (tertiary/aromatic N) is 3. The van der Waals surface area contributed by atoms with Crippen molar-refractivity contribution < 1.29 is 9.32 Å². The van der Waals surface area contributed by atoms with Gasteiger partial charge in [-0.3, -0.25) is 9.48 Å². The smallest absolute Gasteiger partial charge is 0.278 e. The highest BCUT2D eigenvalue weighted by atomic mass is 16.5. The molecule has 1 aliphatic rings. The van der Waals surface area contributed by atoms with E-state index in [1.54, 1.807) is 23.9 Å². The monoisotopic (exact) mass is 246 g/mol. The van der Waals surface area contributed by atoms with Crippen LogP contribution >= 0.6 is 0 Å². The molecule has 6 heteroatoms. The molecule has 2 heterocycles. The highest BCUT2D eigenvalue weighted by Gasteiger charge is 2.29. The van der Waals surface area contributed by atoms with Crippen LogP contribution in [0.3, 0.4) is 0 Å². The molecular formula is C12H14N4O2. The quantitative estimate of drug-likeness (QED) is 0.896. The predicted molar refractivity (Wildman–Crippen MR) is 64.4 cm³/mol. The van der Waals surface area contributed by atoms with Crippen molar-refractivity contribution in [2.45, 2.75) is 25.7 Å². The Bertz CT molecular complexity index is 595. The molecular weight excluding hydrogens is 232 g/mol. The Morgan fingerprint density at radius 2 is 2.28 bits per heavy atom. The second kappa shape index (κ2) is 3.97. The van der Waals surface area contributed by atoms with Crippen molar-refractivity contribution in [3.63, 3.8) is 0 Å². The second-order valence-corrected chi connectivity index (χ2v) is 4.64. The summed E-state index contributed by atoms with van der Waals surface area (Å²) in [6.45, 7) is 1.87. The van der Waals surface area contributed by atoms with Crippen LogP contribution in [0.15, 0.2) is 16.7 Å². The van der Waals surface area contributed by atoms with E-state index in [2.05, 4.69) is 15.6 Å². The van der Waals surface area contributed by atoms with E-state index in [0.717, 1.165) is 24.3 Å². The fourth-order valence-corrected chi connectivity index (χ4v) is 1.86. The van der Waals surface area contributed by atoms with Crippen LogP contribution in [0.5, 0.6) is 0 Å². The SMILES string of the molecule is Cc1cc(NC(=O)c2cc(C3CC3)on2)n(C)n1. The number of aryl methyl sites for hydroxylation is 2. The maximum atomic E-state index is 12.0. The summed E-state index contributed by atoms with van der Waals surface area (Å²) in [5.41, 5.74) is 1.17. The van der Waals surface area contributed by atoms with Gasteiger partial charge in [0, 0.05) is 25.1 Å². The molecule has 0 aromatic carbocycles. The van der Waals surface area contributed by atoms with E-state index in [1.165, 1.54) is 0 Å². The van der Waals surface area contributed by atoms with Crippen molar-refractivity contribution in [3.8, 4) is 0 Å². The molecule has 0 atom stereocenters. The molecule has 1 saturated carbocycles. The minimum absolute atomic E-state index is 0.270. The minimum atomic E-state index is -0.270. The Labute approximate surface area is 104 Å². The summed E-state index contributed by atoms with van der Waals surface area (Å²) in [7, 11) is 1.78. The third-order valence-corrected chi connectivity index (χ3v) is 2.98. The van der Waals surface area contributed by atoms with Crippen LogP contribution in [-0.4, -0.2) is 20.8 Å². The first-order valence-corrected chi connectivity index (χ1v) is 5.92. The Balaban J connectivity index is 1.75. The zero-order valence-corrected chi connectivity index (χ0v) is 10.3. The van der Waals surface area contributed by atoms with Gasteiger partial charge < -0.3 is 9.84 Å². The average molecular weight is 246 g/mol. The maximum Gasteiger partial charge on any atom is 0.278 e. The molecule has 1 N–H and O–H groups in total. The Kier molecular flexibility index (Phi) is 2.43. The number of aromatic nitrogens is 3. The van der Waals surface area contributed by atoms with Crippen molar-refractivity contribution in [2.24, 2.45) is 7.05 Å². The largest absolute Gasteiger partial charge is 0.360 e. The standard InChI is InChI=1S/C12H14N4O2/c1-7-5-11(16(2)14-7)13-12(17)9-6-10(18-15-9)8-3-4-8/h5-6,8H,3-4H2,1-2H3,(H,13,17). The van der Waals surface area contributed by atoms with Gasteiger partial charge in [-0.15, -0.1) is 0 Å². The predicted octanol–water partition coefficient (Wildman–Crippen LogP) is 1.85. The van der Waals surface area contributed by atoms with Crippen LogP contribution in [0.2, 0.25) is 0 Å². The topological polar surface area (TPSA) is 73.0 Å². The van der Waals surface area contributed by atoms with Crippen molar-refractivity contribution in [1.82, 2.24) is 14.9 Å². The number of nitrogens with one attached hydrogen (secondary N) is 1. The molecule has 18 heavy (non-hydrogen) atoms. The van der Waals surface area contributed by atoms with E-state index < -0.39 is 0 Å². The third-order valence-electron chi connectivity index (χ3n) is 2.98. The number of hydrogen-bond donors (Lipinski definition) is 1. The first-order valence-electron chi connectivity index (χ1n) is 5.92. The highest BCUT2D eigenvalue weighted by Crippen LogP contribution is 2.40. The van der Waals surface area contributed by atoms with Crippen LogP contribution in [0, 0.1) is 6.92 Å². The number of anilines is 1. The number of carbonyl (C=O) groups is 1. The maximum absolute atomic E-state index is 12.0. The third kappa shape index (κ3) is 2.01. The molecule has 1 fully saturated rings. The highest BCUT2D eigenvalue weighted by molar-refractivity contribution is 6.02. The van der Waals surface area contributed by atoms with E-state index in [-0.39, 0.29) is 5.91 Å². The van der Waals surface area contributed by atoms with Gasteiger partial charge in [-0.1, -0.05) is 5.16 Å². The first kappa shape index (κ1) is 11.0. The molecule has 3 rings (SSSR count). The van der Waals surface area contributed by atoms with Gasteiger partial charge in [-0.2, -0.15) is 5.10 Å². The molecule has 1 amide bonds. The van der Waals surface area contributed by atoms with E-state index in [0.29, 0.717) is 17.4 Å². The Morgan fingerprint density at radius 1 is 1.50 bits per heavy atom. The van der Waals surface area contributed by atoms with Crippen molar-refractivity contribution >= 4 is 11.7 Å². The fourth-order valence-electron chi connectivity index (χ4n) is 1.86. The Hall–Kier alpha value is -2.11. The van der Waals surface area contributed by atoms with Gasteiger partial charge >= 0.3 is 0 Å². The molecule has 6 nitrogen and oxygen atoms in total. The summed E-state index contributed by atoms with van der Waals surface area (Å²) >= 11 is 0. The zero-order chi connectivity index (χ0) is 12.7. The van der Waals surface area contributed by atoms with E-state index in [9.17, 15) is 4.79 Å². The fraction of sp³-hybridized carbons (Fsp3) is 0.417. The van der Waals surface area contributed by atoms with Crippen LogP contribution in [0.4, 0.5) is 5.82 Å². The Morgan fingerprint density at radius 3 is 2.89 bits per heavy atom. The van der Waals surface area contributed by atoms with Gasteiger partial charge in [-0.05, 0) is 19.8 Å². The van der Waals surface area contributed by atoms with Gasteiger partial charge in [-0.25, -0.2) is 0 Å². The van der Waals surface area contributed by atoms with Crippen molar-refractivity contribution in [1.29, 1.82) is 0 Å². The van der Waals surface area contributed by atoms with Gasteiger partial charge in [0.2, 0.25) is 0 Å². The van der Waals surface area contributed by atoms with Gasteiger partial charge in [0.25, 0.3) is 5.91 Å². The molecule has 2 aromatic heterocycles. The second-order valence-electron chi connectivity index (χ2n) is 4.64. The summed E-state index contributed by atoms with van der Waals surface area (Å²) < 4.78 is 6.77.